The van der Waals surface area contributed by atoms with Gasteiger partial charge in [-0.25, -0.2) is 0 Å². The van der Waals surface area contributed by atoms with Gasteiger partial charge in [-0.2, -0.15) is 18.3 Å². The zero-order valence-electron chi connectivity index (χ0n) is 15.7. The fourth-order valence-corrected chi connectivity index (χ4v) is 3.50. The average molecular weight is 389 g/mol. The molecular formula is C18H26F3N3O3. The number of amides is 1. The van der Waals surface area contributed by atoms with E-state index in [4.69, 9.17) is 9.47 Å². The molecule has 1 aliphatic heterocycles. The Labute approximate surface area is 156 Å². The van der Waals surface area contributed by atoms with E-state index in [1.165, 1.54) is 12.8 Å². The number of carbonyl (C=O) groups excluding carboxylic acids is 1. The number of carbonyl (C=O) groups is 1. The number of ether oxygens (including phenoxy) is 2. The Morgan fingerprint density at radius 1 is 1.33 bits per heavy atom. The molecule has 152 valence electrons. The molecule has 1 aliphatic carbocycles. The van der Waals surface area contributed by atoms with Crippen molar-refractivity contribution in [2.75, 3.05) is 33.0 Å². The number of aromatic nitrogens is 2. The van der Waals surface area contributed by atoms with Crippen LogP contribution in [0.1, 0.15) is 42.3 Å². The second-order valence-electron chi connectivity index (χ2n) is 7.30. The Morgan fingerprint density at radius 2 is 2.07 bits per heavy atom. The number of halogens is 3. The molecule has 1 saturated carbocycles. The summed E-state index contributed by atoms with van der Waals surface area (Å²) in [5.41, 5.74) is 1.56. The van der Waals surface area contributed by atoms with E-state index < -0.39 is 18.8 Å². The second kappa shape index (κ2) is 8.18. The Balaban J connectivity index is 1.69. The third-order valence-electron chi connectivity index (χ3n) is 5.06. The van der Waals surface area contributed by atoms with E-state index in [0.29, 0.717) is 49.2 Å². The molecule has 0 aromatic carbocycles. The molecule has 0 N–H and O–H groups in total. The topological polar surface area (TPSA) is 56.6 Å². The zero-order valence-corrected chi connectivity index (χ0v) is 15.7. The van der Waals surface area contributed by atoms with E-state index >= 15 is 0 Å². The summed E-state index contributed by atoms with van der Waals surface area (Å²) in [6.07, 6.45) is -1.70. The molecule has 27 heavy (non-hydrogen) atoms. The van der Waals surface area contributed by atoms with Crippen molar-refractivity contribution in [3.63, 3.8) is 0 Å². The van der Waals surface area contributed by atoms with Gasteiger partial charge in [0.2, 0.25) is 5.91 Å². The van der Waals surface area contributed by atoms with Crippen molar-refractivity contribution in [3.8, 4) is 0 Å². The van der Waals surface area contributed by atoms with Gasteiger partial charge in [0.15, 0.2) is 0 Å². The first-order valence-corrected chi connectivity index (χ1v) is 9.32. The minimum Gasteiger partial charge on any atom is -0.381 e. The summed E-state index contributed by atoms with van der Waals surface area (Å²) in [6, 6.07) is -0.420. The normalized spacial score (nSPS) is 20.9. The summed E-state index contributed by atoms with van der Waals surface area (Å²) >= 11 is 0. The molecular weight excluding hydrogens is 363 g/mol. The van der Waals surface area contributed by atoms with E-state index in [1.54, 1.807) is 18.7 Å². The fourth-order valence-electron chi connectivity index (χ4n) is 3.50. The number of aryl methyl sites for hydroxylation is 1. The quantitative estimate of drug-likeness (QED) is 0.673. The molecule has 0 spiro atoms. The molecule has 1 saturated heterocycles. The van der Waals surface area contributed by atoms with E-state index in [-0.39, 0.29) is 18.9 Å². The first-order valence-electron chi connectivity index (χ1n) is 9.32. The third kappa shape index (κ3) is 5.22. The van der Waals surface area contributed by atoms with E-state index in [2.05, 4.69) is 5.10 Å². The highest BCUT2D eigenvalue weighted by Gasteiger charge is 2.35. The van der Waals surface area contributed by atoms with E-state index in [0.717, 1.165) is 4.68 Å². The highest BCUT2D eigenvalue weighted by atomic mass is 19.4. The van der Waals surface area contributed by atoms with Crippen molar-refractivity contribution in [3.05, 3.63) is 17.0 Å². The summed E-state index contributed by atoms with van der Waals surface area (Å²) < 4.78 is 50.4. The van der Waals surface area contributed by atoms with Crippen molar-refractivity contribution >= 4 is 5.91 Å². The highest BCUT2D eigenvalue weighted by molar-refractivity contribution is 5.77. The fraction of sp³-hybridized carbons (Fsp3) is 0.778. The number of hydrogen-bond acceptors (Lipinski definition) is 4. The molecule has 1 atom stereocenters. The lowest BCUT2D eigenvalue weighted by atomic mass is 10.0. The maximum atomic E-state index is 12.8. The highest BCUT2D eigenvalue weighted by Crippen LogP contribution is 2.31. The summed E-state index contributed by atoms with van der Waals surface area (Å²) in [5.74, 6) is 0.572. The predicted molar refractivity (Wildman–Crippen MR) is 91.2 cm³/mol. The van der Waals surface area contributed by atoms with Gasteiger partial charge in [0.1, 0.15) is 6.54 Å². The maximum Gasteiger partial charge on any atom is 0.408 e. The second-order valence-corrected chi connectivity index (χ2v) is 7.30. The molecule has 0 bridgehead atoms. The van der Waals surface area contributed by atoms with Crippen LogP contribution in [0.15, 0.2) is 0 Å². The standard InChI is InChI=1S/C18H26F3N3O3/c1-12-17(13(2)24(22-12)11-18(19,20)21)15-10-27-8-6-23(15)16(25)5-7-26-9-14-3-4-14/h14-15H,3-11H2,1-2H3. The van der Waals surface area contributed by atoms with Crippen LogP contribution >= 0.6 is 0 Å². The van der Waals surface area contributed by atoms with Crippen molar-refractivity contribution in [2.24, 2.45) is 5.92 Å². The zero-order chi connectivity index (χ0) is 19.6. The van der Waals surface area contributed by atoms with Crippen LogP contribution in [0.5, 0.6) is 0 Å². The lowest BCUT2D eigenvalue weighted by molar-refractivity contribution is -0.143. The molecule has 2 heterocycles. The van der Waals surface area contributed by atoms with E-state index in [1.807, 2.05) is 0 Å². The lowest BCUT2D eigenvalue weighted by Crippen LogP contribution is -2.44. The average Bonchev–Trinajstić information content (AvgIpc) is 3.37. The van der Waals surface area contributed by atoms with Crippen LogP contribution < -0.4 is 0 Å². The van der Waals surface area contributed by atoms with Crippen LogP contribution in [0.2, 0.25) is 0 Å². The molecule has 3 rings (SSSR count). The van der Waals surface area contributed by atoms with Gasteiger partial charge in [-0.15, -0.1) is 0 Å². The largest absolute Gasteiger partial charge is 0.408 e. The number of alkyl halides is 3. The van der Waals surface area contributed by atoms with Crippen molar-refractivity contribution in [1.29, 1.82) is 0 Å². The summed E-state index contributed by atoms with van der Waals surface area (Å²) in [7, 11) is 0. The van der Waals surface area contributed by atoms with Gasteiger partial charge in [-0.1, -0.05) is 0 Å². The number of morpholine rings is 1. The molecule has 1 aromatic heterocycles. The van der Waals surface area contributed by atoms with Crippen LogP contribution in [-0.4, -0.2) is 59.7 Å². The third-order valence-corrected chi connectivity index (χ3v) is 5.06. The number of nitrogens with zero attached hydrogens (tertiary/aromatic N) is 3. The van der Waals surface area contributed by atoms with Gasteiger partial charge in [0.05, 0.1) is 38.0 Å². The van der Waals surface area contributed by atoms with Crippen LogP contribution in [-0.2, 0) is 20.8 Å². The number of rotatable bonds is 7. The molecule has 2 fully saturated rings. The molecule has 1 unspecified atom stereocenters. The molecule has 1 amide bonds. The molecule has 2 aliphatic rings. The van der Waals surface area contributed by atoms with Crippen molar-refractivity contribution < 1.29 is 27.4 Å². The Hall–Kier alpha value is -1.61. The van der Waals surface area contributed by atoms with Gasteiger partial charge >= 0.3 is 6.18 Å². The molecule has 6 nitrogen and oxygen atoms in total. The van der Waals surface area contributed by atoms with Crippen LogP contribution in [0.25, 0.3) is 0 Å². The molecule has 0 radical (unpaired) electrons. The number of hydrogen-bond donors (Lipinski definition) is 0. The Kier molecular flexibility index (Phi) is 6.10. The Bertz CT molecular complexity index is 671. The van der Waals surface area contributed by atoms with Gasteiger partial charge in [-0.05, 0) is 32.6 Å². The SMILES string of the molecule is Cc1nn(CC(F)(F)F)c(C)c1C1COCCN1C(=O)CCOCC1CC1. The maximum absolute atomic E-state index is 12.8. The first-order chi connectivity index (χ1) is 12.8. The lowest BCUT2D eigenvalue weighted by Gasteiger charge is -2.36. The van der Waals surface area contributed by atoms with Gasteiger partial charge in [-0.3, -0.25) is 9.48 Å². The van der Waals surface area contributed by atoms with Crippen molar-refractivity contribution in [1.82, 2.24) is 14.7 Å². The molecule has 1 aromatic rings. The minimum atomic E-state index is -4.35. The van der Waals surface area contributed by atoms with Crippen LogP contribution in [0, 0.1) is 19.8 Å². The van der Waals surface area contributed by atoms with Gasteiger partial charge in [0.25, 0.3) is 0 Å². The van der Waals surface area contributed by atoms with Crippen molar-refractivity contribution in [2.45, 2.75) is 51.9 Å². The smallest absolute Gasteiger partial charge is 0.381 e. The van der Waals surface area contributed by atoms with Crippen LogP contribution in [0.4, 0.5) is 13.2 Å². The van der Waals surface area contributed by atoms with Gasteiger partial charge < -0.3 is 14.4 Å². The van der Waals surface area contributed by atoms with Gasteiger partial charge in [0, 0.05) is 24.4 Å². The summed E-state index contributed by atoms with van der Waals surface area (Å²) in [6.45, 7) is 4.29. The Morgan fingerprint density at radius 3 is 2.74 bits per heavy atom. The summed E-state index contributed by atoms with van der Waals surface area (Å²) in [4.78, 5) is 14.4. The van der Waals surface area contributed by atoms with Crippen LogP contribution in [0.3, 0.4) is 0 Å². The molecule has 9 heteroatoms. The van der Waals surface area contributed by atoms with E-state index in [9.17, 15) is 18.0 Å². The first kappa shape index (κ1) is 20.1. The minimum absolute atomic E-state index is 0.0681. The summed E-state index contributed by atoms with van der Waals surface area (Å²) in [5, 5.41) is 4.04. The predicted octanol–water partition coefficient (Wildman–Crippen LogP) is 2.78. The monoisotopic (exact) mass is 389 g/mol.